The van der Waals surface area contributed by atoms with Gasteiger partial charge < -0.3 is 9.26 Å². The molecular weight excluding hydrogens is 398 g/mol. The van der Waals surface area contributed by atoms with Gasteiger partial charge in [0.25, 0.3) is 5.56 Å². The molecule has 0 spiro atoms. The Balaban J connectivity index is 1.44. The third-order valence-electron chi connectivity index (χ3n) is 4.63. The highest BCUT2D eigenvalue weighted by atomic mass is 16.5. The highest BCUT2D eigenvalue weighted by Crippen LogP contribution is 2.18. The van der Waals surface area contributed by atoms with Crippen molar-refractivity contribution in [3.8, 4) is 22.8 Å². The van der Waals surface area contributed by atoms with E-state index in [4.69, 9.17) is 9.26 Å². The van der Waals surface area contributed by atoms with E-state index in [1.807, 2.05) is 61.5 Å². The Morgan fingerprint density at radius 3 is 2.65 bits per heavy atom. The van der Waals surface area contributed by atoms with Crippen molar-refractivity contribution in [2.24, 2.45) is 0 Å². The Hall–Kier alpha value is -4.34. The lowest BCUT2D eigenvalue weighted by Gasteiger charge is -2.05. The van der Waals surface area contributed by atoms with Crippen molar-refractivity contribution in [1.29, 1.82) is 0 Å². The number of ether oxygens (including phenoxy) is 1. The monoisotopic (exact) mass is 415 g/mol. The van der Waals surface area contributed by atoms with Crippen LogP contribution in [0.15, 0.2) is 70.2 Å². The molecule has 5 aromatic rings. The maximum atomic E-state index is 12.9. The number of benzene rings is 2. The molecule has 10 heteroatoms. The van der Waals surface area contributed by atoms with Gasteiger partial charge in [0.2, 0.25) is 11.7 Å². The smallest absolute Gasteiger partial charge is 0.284 e. The zero-order valence-corrected chi connectivity index (χ0v) is 16.5. The quantitative estimate of drug-likeness (QED) is 0.416. The lowest BCUT2D eigenvalue weighted by atomic mass is 10.2. The molecule has 0 aliphatic rings. The van der Waals surface area contributed by atoms with Crippen LogP contribution in [0.25, 0.3) is 28.2 Å². The summed E-state index contributed by atoms with van der Waals surface area (Å²) >= 11 is 0. The molecule has 3 heterocycles. The van der Waals surface area contributed by atoms with Crippen LogP contribution in [0, 0.1) is 0 Å². The lowest BCUT2D eigenvalue weighted by Crippen LogP contribution is -2.21. The molecule has 2 aromatic carbocycles. The summed E-state index contributed by atoms with van der Waals surface area (Å²) in [7, 11) is 0. The average Bonchev–Trinajstić information content (AvgIpc) is 3.45. The molecule has 0 N–H and O–H groups in total. The van der Waals surface area contributed by atoms with Gasteiger partial charge in [-0.1, -0.05) is 40.7 Å². The van der Waals surface area contributed by atoms with E-state index < -0.39 is 0 Å². The van der Waals surface area contributed by atoms with Gasteiger partial charge in [0.05, 0.1) is 12.3 Å². The maximum absolute atomic E-state index is 12.9. The zero-order valence-electron chi connectivity index (χ0n) is 16.5. The minimum Gasteiger partial charge on any atom is -0.494 e. The van der Waals surface area contributed by atoms with E-state index in [1.54, 1.807) is 0 Å². The molecule has 3 aromatic heterocycles. The zero-order chi connectivity index (χ0) is 21.2. The van der Waals surface area contributed by atoms with Crippen molar-refractivity contribution in [2.75, 3.05) is 6.61 Å². The van der Waals surface area contributed by atoms with E-state index >= 15 is 0 Å². The van der Waals surface area contributed by atoms with Crippen LogP contribution in [-0.4, -0.2) is 41.3 Å². The molecule has 0 unspecified atom stereocenters. The van der Waals surface area contributed by atoms with Crippen molar-refractivity contribution < 1.29 is 9.26 Å². The second-order valence-corrected chi connectivity index (χ2v) is 6.66. The Morgan fingerprint density at radius 2 is 1.87 bits per heavy atom. The van der Waals surface area contributed by atoms with Crippen LogP contribution in [0.5, 0.6) is 5.75 Å². The fourth-order valence-electron chi connectivity index (χ4n) is 3.15. The second kappa shape index (κ2) is 7.82. The highest BCUT2D eigenvalue weighted by molar-refractivity contribution is 5.70. The summed E-state index contributed by atoms with van der Waals surface area (Å²) in [5, 5.41) is 12.1. The summed E-state index contributed by atoms with van der Waals surface area (Å²) in [6.07, 6.45) is 1.42. The van der Waals surface area contributed by atoms with Gasteiger partial charge in [0.15, 0.2) is 11.2 Å². The van der Waals surface area contributed by atoms with Crippen LogP contribution in [-0.2, 0) is 6.54 Å². The van der Waals surface area contributed by atoms with Gasteiger partial charge in [0.1, 0.15) is 18.6 Å². The van der Waals surface area contributed by atoms with Crippen LogP contribution >= 0.6 is 0 Å². The standard InChI is InChI=1S/C21H17N7O3/c1-2-30-16-10-8-15(9-11-16)28-20-18(24-26-28)21(29)27(13-22-20)12-17-23-19(25-31-17)14-6-4-3-5-7-14/h3-11,13H,2,12H2,1H3. The molecule has 0 aliphatic heterocycles. The Labute approximate surface area is 175 Å². The third kappa shape index (κ3) is 3.54. The molecule has 0 bridgehead atoms. The number of fused-ring (bicyclic) bond motifs is 1. The van der Waals surface area contributed by atoms with Gasteiger partial charge >= 0.3 is 0 Å². The molecule has 5 rings (SSSR count). The molecule has 0 saturated carbocycles. The van der Waals surface area contributed by atoms with E-state index in [9.17, 15) is 4.79 Å². The molecule has 0 aliphatic carbocycles. The fraction of sp³-hybridized carbons (Fsp3) is 0.143. The van der Waals surface area contributed by atoms with Crippen molar-refractivity contribution in [2.45, 2.75) is 13.5 Å². The van der Waals surface area contributed by atoms with Gasteiger partial charge in [-0.25, -0.2) is 4.98 Å². The first-order valence-corrected chi connectivity index (χ1v) is 9.65. The summed E-state index contributed by atoms with van der Waals surface area (Å²) < 4.78 is 13.6. The summed E-state index contributed by atoms with van der Waals surface area (Å²) in [4.78, 5) is 21.6. The number of rotatable bonds is 6. The molecule has 0 fully saturated rings. The van der Waals surface area contributed by atoms with Gasteiger partial charge in [-0.3, -0.25) is 9.36 Å². The van der Waals surface area contributed by atoms with Crippen LogP contribution in [0.3, 0.4) is 0 Å². The second-order valence-electron chi connectivity index (χ2n) is 6.66. The number of nitrogens with zero attached hydrogens (tertiary/aromatic N) is 7. The maximum Gasteiger partial charge on any atom is 0.284 e. The first-order valence-electron chi connectivity index (χ1n) is 9.65. The number of aromatic nitrogens is 7. The van der Waals surface area contributed by atoms with Crippen molar-refractivity contribution in [3.05, 3.63) is 77.2 Å². The summed E-state index contributed by atoms with van der Waals surface area (Å²) in [5.74, 6) is 1.50. The Morgan fingerprint density at radius 1 is 1.06 bits per heavy atom. The normalized spacial score (nSPS) is 11.1. The van der Waals surface area contributed by atoms with Gasteiger partial charge in [-0.2, -0.15) is 9.67 Å². The van der Waals surface area contributed by atoms with Gasteiger partial charge in [-0.05, 0) is 31.2 Å². The van der Waals surface area contributed by atoms with E-state index in [1.165, 1.54) is 15.6 Å². The number of hydrogen-bond donors (Lipinski definition) is 0. The Bertz CT molecular complexity index is 1390. The van der Waals surface area contributed by atoms with Gasteiger partial charge in [-0.15, -0.1) is 5.10 Å². The first-order chi connectivity index (χ1) is 15.2. The van der Waals surface area contributed by atoms with E-state index in [0.29, 0.717) is 24.0 Å². The third-order valence-corrected chi connectivity index (χ3v) is 4.63. The van der Waals surface area contributed by atoms with Crippen molar-refractivity contribution in [3.63, 3.8) is 0 Å². The minimum absolute atomic E-state index is 0.0809. The van der Waals surface area contributed by atoms with Crippen LogP contribution in [0.2, 0.25) is 0 Å². The lowest BCUT2D eigenvalue weighted by molar-refractivity contribution is 0.340. The van der Waals surface area contributed by atoms with Crippen molar-refractivity contribution >= 4 is 11.2 Å². The first kappa shape index (κ1) is 18.7. The molecule has 154 valence electrons. The summed E-state index contributed by atoms with van der Waals surface area (Å²) in [5.41, 5.74) is 1.72. The Kier molecular flexibility index (Phi) is 4.71. The largest absolute Gasteiger partial charge is 0.494 e. The van der Waals surface area contributed by atoms with Gasteiger partial charge in [0, 0.05) is 5.56 Å². The molecule has 0 amide bonds. The highest BCUT2D eigenvalue weighted by Gasteiger charge is 2.16. The molecule has 0 radical (unpaired) electrons. The molecule has 10 nitrogen and oxygen atoms in total. The SMILES string of the molecule is CCOc1ccc(-n2nnc3c(=O)n(Cc4nc(-c5ccccc5)no4)cnc32)cc1. The topological polar surface area (TPSA) is 114 Å². The van der Waals surface area contributed by atoms with Crippen LogP contribution < -0.4 is 10.3 Å². The number of hydrogen-bond acceptors (Lipinski definition) is 8. The van der Waals surface area contributed by atoms with Crippen LogP contribution in [0.1, 0.15) is 12.8 Å². The molecular formula is C21H17N7O3. The van der Waals surface area contributed by atoms with E-state index in [0.717, 1.165) is 17.0 Å². The molecule has 31 heavy (non-hydrogen) atoms. The van der Waals surface area contributed by atoms with Crippen LogP contribution in [0.4, 0.5) is 0 Å². The summed E-state index contributed by atoms with van der Waals surface area (Å²) in [6.45, 7) is 2.59. The average molecular weight is 415 g/mol. The fourth-order valence-corrected chi connectivity index (χ4v) is 3.15. The molecule has 0 saturated heterocycles. The molecule has 0 atom stereocenters. The predicted octanol–water partition coefficient (Wildman–Crippen LogP) is 2.47. The predicted molar refractivity (Wildman–Crippen MR) is 111 cm³/mol. The van der Waals surface area contributed by atoms with E-state index in [2.05, 4.69) is 25.4 Å². The van der Waals surface area contributed by atoms with Crippen molar-refractivity contribution in [1.82, 2.24) is 34.7 Å². The minimum atomic E-state index is -0.346. The van der Waals surface area contributed by atoms with E-state index in [-0.39, 0.29) is 17.6 Å². The summed E-state index contributed by atoms with van der Waals surface area (Å²) in [6, 6.07) is 16.8.